The molecule has 0 aliphatic carbocycles. The summed E-state index contributed by atoms with van der Waals surface area (Å²) in [5, 5.41) is 3.09. The summed E-state index contributed by atoms with van der Waals surface area (Å²) in [5.41, 5.74) is 1.72. The highest BCUT2D eigenvalue weighted by Crippen LogP contribution is 2.60. The molecule has 4 heterocycles. The Labute approximate surface area is 170 Å². The highest BCUT2D eigenvalue weighted by molar-refractivity contribution is 6.15. The average Bonchev–Trinajstić information content (AvgIpc) is 3.42. The fraction of sp³-hybridized carbons (Fsp3) is 0.591. The third kappa shape index (κ3) is 2.23. The van der Waals surface area contributed by atoms with Gasteiger partial charge in [0.2, 0.25) is 17.7 Å². The number of hydrogen-bond acceptors (Lipinski definition) is 5. The Balaban J connectivity index is 1.64. The van der Waals surface area contributed by atoms with Crippen LogP contribution in [-0.2, 0) is 31.1 Å². The van der Waals surface area contributed by atoms with Gasteiger partial charge in [-0.25, -0.2) is 0 Å². The van der Waals surface area contributed by atoms with E-state index in [1.165, 1.54) is 4.90 Å². The number of likely N-dealkylation sites (tertiary alicyclic amines) is 1. The van der Waals surface area contributed by atoms with Crippen molar-refractivity contribution in [3.05, 3.63) is 29.3 Å². The van der Waals surface area contributed by atoms with E-state index in [1.54, 1.807) is 7.11 Å². The van der Waals surface area contributed by atoms with Gasteiger partial charge in [0.15, 0.2) is 0 Å². The number of amides is 3. The number of carbonyl (C=O) groups is 3. The number of nitrogens with zero attached hydrogens (tertiary/aromatic N) is 2. The zero-order valence-corrected chi connectivity index (χ0v) is 16.9. The van der Waals surface area contributed by atoms with Gasteiger partial charge in [-0.2, -0.15) is 0 Å². The van der Waals surface area contributed by atoms with Gasteiger partial charge in [0.1, 0.15) is 5.54 Å². The second kappa shape index (κ2) is 6.64. The Morgan fingerprint density at radius 1 is 1.24 bits per heavy atom. The topological polar surface area (TPSA) is 79.0 Å². The van der Waals surface area contributed by atoms with E-state index in [2.05, 4.69) is 17.1 Å². The maximum absolute atomic E-state index is 13.6. The van der Waals surface area contributed by atoms with Gasteiger partial charge in [0.25, 0.3) is 0 Å². The van der Waals surface area contributed by atoms with Gasteiger partial charge in [0, 0.05) is 37.6 Å². The molecule has 1 aromatic carbocycles. The lowest BCUT2D eigenvalue weighted by atomic mass is 9.75. The highest BCUT2D eigenvalue weighted by atomic mass is 16.5. The maximum atomic E-state index is 13.6. The summed E-state index contributed by atoms with van der Waals surface area (Å²) in [6.45, 7) is 3.65. The van der Waals surface area contributed by atoms with Crippen molar-refractivity contribution in [1.29, 1.82) is 0 Å². The third-order valence-corrected chi connectivity index (χ3v) is 7.32. The number of nitrogens with one attached hydrogen (secondary N) is 1. The number of ether oxygens (including phenoxy) is 1. The molecule has 1 aromatic rings. The number of hydrogen-bond donors (Lipinski definition) is 1. The van der Waals surface area contributed by atoms with Crippen molar-refractivity contribution in [3.8, 4) is 0 Å². The molecule has 0 bridgehead atoms. The van der Waals surface area contributed by atoms with E-state index in [0.29, 0.717) is 19.6 Å². The Hall–Kier alpha value is -2.25. The number of methoxy groups -OCH3 is 1. The molecule has 4 atom stereocenters. The van der Waals surface area contributed by atoms with Gasteiger partial charge in [-0.1, -0.05) is 25.1 Å². The van der Waals surface area contributed by atoms with Crippen LogP contribution in [0.25, 0.3) is 0 Å². The van der Waals surface area contributed by atoms with Crippen LogP contribution >= 0.6 is 0 Å². The molecular weight excluding hydrogens is 370 g/mol. The smallest absolute Gasteiger partial charge is 0.250 e. The second-order valence-corrected chi connectivity index (χ2v) is 8.49. The van der Waals surface area contributed by atoms with Crippen LogP contribution < -0.4 is 5.32 Å². The predicted molar refractivity (Wildman–Crippen MR) is 106 cm³/mol. The molecule has 1 N–H and O–H groups in total. The summed E-state index contributed by atoms with van der Waals surface area (Å²) in [5.74, 6) is -1.54. The molecule has 3 amide bonds. The minimum Gasteiger partial charge on any atom is -0.385 e. The number of carbonyl (C=O) groups excluding carboxylic acids is 3. The third-order valence-electron chi connectivity index (χ3n) is 7.32. The van der Waals surface area contributed by atoms with Crippen molar-refractivity contribution in [2.24, 2.45) is 11.8 Å². The van der Waals surface area contributed by atoms with Crippen LogP contribution in [0.5, 0.6) is 0 Å². The summed E-state index contributed by atoms with van der Waals surface area (Å²) in [6, 6.07) is 5.90. The molecule has 7 heteroatoms. The minimum atomic E-state index is -1.06. The van der Waals surface area contributed by atoms with E-state index in [0.717, 1.165) is 42.6 Å². The molecule has 7 nitrogen and oxygen atoms in total. The van der Waals surface area contributed by atoms with E-state index in [4.69, 9.17) is 4.74 Å². The number of rotatable bonds is 5. The number of imide groups is 1. The quantitative estimate of drug-likeness (QED) is 0.602. The first-order chi connectivity index (χ1) is 14.1. The standard InChI is InChI=1S/C22H27N3O4/c1-3-13-7-4-8-14-18(13)23-21(28)22(14)17-16(15-9-5-11-25(15)22)19(26)24(20(17)27)10-6-12-29-2/h4,7-8,15-17H,3,5-6,9-12H2,1-2H3,(H,23,28)/t15?,16-,17+,22?/m0/s1. The van der Waals surface area contributed by atoms with Crippen LogP contribution in [0.1, 0.15) is 37.3 Å². The van der Waals surface area contributed by atoms with E-state index in [9.17, 15) is 14.4 Å². The zero-order chi connectivity index (χ0) is 20.3. The summed E-state index contributed by atoms with van der Waals surface area (Å²) >= 11 is 0. The van der Waals surface area contributed by atoms with Crippen molar-refractivity contribution in [3.63, 3.8) is 0 Å². The van der Waals surface area contributed by atoms with E-state index >= 15 is 0 Å². The van der Waals surface area contributed by atoms with Crippen molar-refractivity contribution in [1.82, 2.24) is 9.80 Å². The lowest BCUT2D eigenvalue weighted by Crippen LogP contribution is -2.54. The molecule has 0 radical (unpaired) electrons. The van der Waals surface area contributed by atoms with Crippen molar-refractivity contribution >= 4 is 23.4 Å². The SMILES string of the molecule is CCc1cccc2c1NC(=O)C21[C@H]2C(=O)N(CCCOC)C(=O)[C@H]2C2CCCN21. The molecule has 4 aliphatic rings. The Bertz CT molecular complexity index is 900. The largest absolute Gasteiger partial charge is 0.385 e. The number of para-hydroxylation sites is 1. The van der Waals surface area contributed by atoms with Crippen LogP contribution in [0, 0.1) is 11.8 Å². The fourth-order valence-electron chi connectivity index (χ4n) is 6.23. The van der Waals surface area contributed by atoms with Gasteiger partial charge >= 0.3 is 0 Å². The lowest BCUT2D eigenvalue weighted by molar-refractivity contribution is -0.145. The zero-order valence-electron chi connectivity index (χ0n) is 16.9. The number of anilines is 1. The molecule has 2 unspecified atom stereocenters. The van der Waals surface area contributed by atoms with Crippen LogP contribution in [0.4, 0.5) is 5.69 Å². The first kappa shape index (κ1) is 18.8. The van der Waals surface area contributed by atoms with Crippen LogP contribution in [0.2, 0.25) is 0 Å². The van der Waals surface area contributed by atoms with Crippen LogP contribution in [-0.4, -0.2) is 60.4 Å². The first-order valence-electron chi connectivity index (χ1n) is 10.6. The molecule has 4 aliphatic heterocycles. The summed E-state index contributed by atoms with van der Waals surface area (Å²) in [6.07, 6.45) is 3.20. The molecule has 1 spiro atoms. The number of fused-ring (bicyclic) bond motifs is 7. The highest BCUT2D eigenvalue weighted by Gasteiger charge is 2.74. The number of benzene rings is 1. The normalized spacial score (nSPS) is 32.8. The van der Waals surface area contributed by atoms with E-state index in [1.807, 2.05) is 18.2 Å². The van der Waals surface area contributed by atoms with Crippen molar-refractivity contribution in [2.75, 3.05) is 32.1 Å². The predicted octanol–water partition coefficient (Wildman–Crippen LogP) is 1.51. The second-order valence-electron chi connectivity index (χ2n) is 8.49. The Kier molecular flexibility index (Phi) is 4.29. The average molecular weight is 397 g/mol. The minimum absolute atomic E-state index is 0.0501. The fourth-order valence-corrected chi connectivity index (χ4v) is 6.23. The molecule has 0 saturated carbocycles. The molecule has 154 valence electrons. The molecular formula is C22H27N3O4. The summed E-state index contributed by atoms with van der Waals surface area (Å²) in [7, 11) is 1.61. The monoisotopic (exact) mass is 397 g/mol. The van der Waals surface area contributed by atoms with Gasteiger partial charge in [-0.3, -0.25) is 24.2 Å². The van der Waals surface area contributed by atoms with Crippen molar-refractivity contribution < 1.29 is 19.1 Å². The van der Waals surface area contributed by atoms with Crippen LogP contribution in [0.15, 0.2) is 18.2 Å². The first-order valence-corrected chi connectivity index (χ1v) is 10.6. The van der Waals surface area contributed by atoms with Gasteiger partial charge in [0.05, 0.1) is 11.8 Å². The summed E-state index contributed by atoms with van der Waals surface area (Å²) in [4.78, 5) is 44.0. The van der Waals surface area contributed by atoms with Gasteiger partial charge in [-0.05, 0) is 37.8 Å². The van der Waals surface area contributed by atoms with E-state index < -0.39 is 17.4 Å². The molecule has 0 aromatic heterocycles. The van der Waals surface area contributed by atoms with Gasteiger partial charge < -0.3 is 10.1 Å². The van der Waals surface area contributed by atoms with E-state index in [-0.39, 0.29) is 23.8 Å². The molecule has 5 rings (SSSR count). The molecule has 29 heavy (non-hydrogen) atoms. The number of aryl methyl sites for hydroxylation is 1. The Morgan fingerprint density at radius 2 is 2.07 bits per heavy atom. The van der Waals surface area contributed by atoms with Crippen LogP contribution in [0.3, 0.4) is 0 Å². The summed E-state index contributed by atoms with van der Waals surface area (Å²) < 4.78 is 5.10. The lowest BCUT2D eigenvalue weighted by Gasteiger charge is -2.36. The maximum Gasteiger partial charge on any atom is 0.250 e. The molecule has 3 fully saturated rings. The Morgan fingerprint density at radius 3 is 2.83 bits per heavy atom. The van der Waals surface area contributed by atoms with Gasteiger partial charge in [-0.15, -0.1) is 0 Å². The molecule has 3 saturated heterocycles. The van der Waals surface area contributed by atoms with Crippen molar-refractivity contribution in [2.45, 2.75) is 44.2 Å².